The van der Waals surface area contributed by atoms with E-state index in [0.717, 1.165) is 6.42 Å². The summed E-state index contributed by atoms with van der Waals surface area (Å²) in [7, 11) is 0. The number of nitrogens with one attached hydrogen (secondary N) is 1. The highest BCUT2D eigenvalue weighted by Crippen LogP contribution is 2.17. The Kier molecular flexibility index (Phi) is 4.15. The minimum atomic E-state index is -4.24. The Labute approximate surface area is 80.2 Å². The quantitative estimate of drug-likeness (QED) is 0.721. The number of alkyl halides is 3. The molecule has 1 saturated heterocycles. The monoisotopic (exact) mass is 213 g/mol. The van der Waals surface area contributed by atoms with Crippen molar-refractivity contribution in [2.45, 2.75) is 31.2 Å². The maximum absolute atomic E-state index is 11.9. The Morgan fingerprint density at radius 1 is 1.50 bits per heavy atom. The van der Waals surface area contributed by atoms with Gasteiger partial charge < -0.3 is 15.2 Å². The molecule has 0 spiro atoms. The van der Waals surface area contributed by atoms with Crippen LogP contribution in [0.4, 0.5) is 13.2 Å². The average molecular weight is 213 g/mol. The van der Waals surface area contributed by atoms with E-state index in [1.165, 1.54) is 0 Å². The van der Waals surface area contributed by atoms with E-state index >= 15 is 0 Å². The topological polar surface area (TPSA) is 41.5 Å². The van der Waals surface area contributed by atoms with Crippen molar-refractivity contribution in [3.05, 3.63) is 0 Å². The van der Waals surface area contributed by atoms with Gasteiger partial charge in [0.05, 0.1) is 25.3 Å². The Morgan fingerprint density at radius 3 is 2.64 bits per heavy atom. The molecule has 1 aliphatic heterocycles. The van der Waals surface area contributed by atoms with Crippen molar-refractivity contribution >= 4 is 0 Å². The van der Waals surface area contributed by atoms with Gasteiger partial charge in [-0.2, -0.15) is 13.2 Å². The first-order valence-electron chi connectivity index (χ1n) is 4.55. The Balaban J connectivity index is 2.31. The first kappa shape index (κ1) is 11.7. The third-order valence-corrected chi connectivity index (χ3v) is 2.18. The fourth-order valence-corrected chi connectivity index (χ4v) is 1.48. The molecule has 1 aliphatic rings. The van der Waals surface area contributed by atoms with Gasteiger partial charge in [0.2, 0.25) is 0 Å². The summed E-state index contributed by atoms with van der Waals surface area (Å²) in [6, 6.07) is -0.612. The molecule has 1 fully saturated rings. The van der Waals surface area contributed by atoms with Gasteiger partial charge in [0.1, 0.15) is 0 Å². The molecule has 84 valence electrons. The summed E-state index contributed by atoms with van der Waals surface area (Å²) in [5.74, 6) is 0. The van der Waals surface area contributed by atoms with E-state index in [9.17, 15) is 13.2 Å². The van der Waals surface area contributed by atoms with Crippen molar-refractivity contribution in [2.24, 2.45) is 0 Å². The first-order valence-corrected chi connectivity index (χ1v) is 4.55. The Hall–Kier alpha value is -0.330. The van der Waals surface area contributed by atoms with Crippen LogP contribution < -0.4 is 5.32 Å². The molecule has 0 aliphatic carbocycles. The van der Waals surface area contributed by atoms with E-state index in [1.54, 1.807) is 0 Å². The maximum atomic E-state index is 11.9. The third-order valence-electron chi connectivity index (χ3n) is 2.18. The zero-order valence-corrected chi connectivity index (χ0v) is 7.68. The number of rotatable bonds is 4. The van der Waals surface area contributed by atoms with Gasteiger partial charge in [0, 0.05) is 6.61 Å². The van der Waals surface area contributed by atoms with Crippen molar-refractivity contribution in [3.8, 4) is 0 Å². The van der Waals surface area contributed by atoms with E-state index in [1.807, 2.05) is 0 Å². The molecule has 3 nitrogen and oxygen atoms in total. The van der Waals surface area contributed by atoms with Crippen LogP contribution >= 0.6 is 0 Å². The van der Waals surface area contributed by atoms with Crippen molar-refractivity contribution in [1.29, 1.82) is 0 Å². The zero-order valence-electron chi connectivity index (χ0n) is 7.68. The second-order valence-corrected chi connectivity index (χ2v) is 3.34. The lowest BCUT2D eigenvalue weighted by Gasteiger charge is -2.22. The van der Waals surface area contributed by atoms with Crippen LogP contribution in [0.15, 0.2) is 0 Å². The fourth-order valence-electron chi connectivity index (χ4n) is 1.48. The van der Waals surface area contributed by atoms with E-state index in [-0.39, 0.29) is 12.7 Å². The highest BCUT2D eigenvalue weighted by atomic mass is 19.4. The number of aliphatic hydroxyl groups is 1. The molecule has 0 aromatic rings. The molecule has 0 aromatic carbocycles. The van der Waals surface area contributed by atoms with Crippen LogP contribution in [0.3, 0.4) is 0 Å². The largest absolute Gasteiger partial charge is 0.401 e. The molecule has 0 bridgehead atoms. The maximum Gasteiger partial charge on any atom is 0.401 e. The predicted octanol–water partition coefficient (Wildman–Crippen LogP) is 0.678. The molecule has 0 amide bonds. The number of ether oxygens (including phenoxy) is 1. The standard InChI is InChI=1S/C8H14F3NO2/c9-8(10,11)5-12-6(4-13)7-2-1-3-14-7/h6-7,12-13H,1-5H2. The van der Waals surface area contributed by atoms with Crippen LogP contribution in [0, 0.1) is 0 Å². The van der Waals surface area contributed by atoms with Crippen LogP contribution in [0.2, 0.25) is 0 Å². The van der Waals surface area contributed by atoms with Gasteiger partial charge in [-0.1, -0.05) is 0 Å². The molecule has 14 heavy (non-hydrogen) atoms. The fraction of sp³-hybridized carbons (Fsp3) is 1.00. The van der Waals surface area contributed by atoms with Crippen LogP contribution in [-0.2, 0) is 4.74 Å². The summed E-state index contributed by atoms with van der Waals surface area (Å²) in [6.07, 6.45) is -2.99. The van der Waals surface area contributed by atoms with Crippen molar-refractivity contribution < 1.29 is 23.0 Å². The molecule has 0 saturated carbocycles. The van der Waals surface area contributed by atoms with Crippen LogP contribution in [0.1, 0.15) is 12.8 Å². The van der Waals surface area contributed by atoms with E-state index in [0.29, 0.717) is 13.0 Å². The Morgan fingerprint density at radius 2 is 2.21 bits per heavy atom. The third kappa shape index (κ3) is 3.81. The van der Waals surface area contributed by atoms with Crippen LogP contribution in [0.25, 0.3) is 0 Å². The van der Waals surface area contributed by atoms with Crippen molar-refractivity contribution in [3.63, 3.8) is 0 Å². The summed E-state index contributed by atoms with van der Waals surface area (Å²) in [5, 5.41) is 11.1. The lowest BCUT2D eigenvalue weighted by Crippen LogP contribution is -2.46. The molecular weight excluding hydrogens is 199 g/mol. The SMILES string of the molecule is OCC(NCC(F)(F)F)C1CCCO1. The van der Waals surface area contributed by atoms with Gasteiger partial charge in [0.15, 0.2) is 0 Å². The van der Waals surface area contributed by atoms with Gasteiger partial charge >= 0.3 is 6.18 Å². The van der Waals surface area contributed by atoms with Gasteiger partial charge in [-0.3, -0.25) is 0 Å². The van der Waals surface area contributed by atoms with E-state index in [2.05, 4.69) is 5.32 Å². The summed E-state index contributed by atoms with van der Waals surface area (Å²) in [5.41, 5.74) is 0. The van der Waals surface area contributed by atoms with Gasteiger partial charge in [-0.25, -0.2) is 0 Å². The predicted molar refractivity (Wildman–Crippen MR) is 43.9 cm³/mol. The number of hydrogen-bond acceptors (Lipinski definition) is 3. The highest BCUT2D eigenvalue weighted by Gasteiger charge is 2.31. The van der Waals surface area contributed by atoms with Gasteiger partial charge in [-0.15, -0.1) is 0 Å². The molecule has 1 heterocycles. The second-order valence-electron chi connectivity index (χ2n) is 3.34. The Bertz CT molecular complexity index is 168. The molecule has 0 aromatic heterocycles. The number of hydrogen-bond donors (Lipinski definition) is 2. The number of halogens is 3. The summed E-state index contributed by atoms with van der Waals surface area (Å²) >= 11 is 0. The lowest BCUT2D eigenvalue weighted by atomic mass is 10.1. The minimum Gasteiger partial charge on any atom is -0.395 e. The van der Waals surface area contributed by atoms with Crippen molar-refractivity contribution in [1.82, 2.24) is 5.32 Å². The summed E-state index contributed by atoms with van der Waals surface area (Å²) < 4.78 is 40.7. The molecule has 2 N–H and O–H groups in total. The summed E-state index contributed by atoms with van der Waals surface area (Å²) in [4.78, 5) is 0. The molecule has 0 radical (unpaired) electrons. The normalized spacial score (nSPS) is 25.3. The van der Waals surface area contributed by atoms with Gasteiger partial charge in [-0.05, 0) is 12.8 Å². The smallest absolute Gasteiger partial charge is 0.395 e. The van der Waals surface area contributed by atoms with E-state index < -0.39 is 18.8 Å². The zero-order chi connectivity index (χ0) is 10.6. The number of aliphatic hydroxyl groups excluding tert-OH is 1. The first-order chi connectivity index (χ1) is 6.53. The van der Waals surface area contributed by atoms with Gasteiger partial charge in [0.25, 0.3) is 0 Å². The molecule has 6 heteroatoms. The molecule has 2 atom stereocenters. The van der Waals surface area contributed by atoms with Crippen molar-refractivity contribution in [2.75, 3.05) is 19.8 Å². The molecule has 2 unspecified atom stereocenters. The van der Waals surface area contributed by atoms with Crippen LogP contribution in [0.5, 0.6) is 0 Å². The van der Waals surface area contributed by atoms with Crippen LogP contribution in [-0.4, -0.2) is 43.2 Å². The average Bonchev–Trinajstić information content (AvgIpc) is 2.56. The molecule has 1 rings (SSSR count). The lowest BCUT2D eigenvalue weighted by molar-refractivity contribution is -0.128. The summed E-state index contributed by atoms with van der Waals surface area (Å²) in [6.45, 7) is -0.853. The van der Waals surface area contributed by atoms with E-state index in [4.69, 9.17) is 9.84 Å². The second kappa shape index (κ2) is 4.95. The highest BCUT2D eigenvalue weighted by molar-refractivity contribution is 4.80. The molecular formula is C8H14F3NO2. The minimum absolute atomic E-state index is 0.289.